The van der Waals surface area contributed by atoms with Crippen molar-refractivity contribution in [3.8, 4) is 5.75 Å². The van der Waals surface area contributed by atoms with E-state index in [1.807, 2.05) is 0 Å². The number of thiocarbonyl (C=S) groups is 1. The minimum absolute atomic E-state index is 0.148. The molecule has 0 spiro atoms. The zero-order valence-electron chi connectivity index (χ0n) is 14.5. The molecular weight excluding hydrogens is 385 g/mol. The predicted octanol–water partition coefficient (Wildman–Crippen LogP) is 4.80. The lowest BCUT2D eigenvalue weighted by Crippen LogP contribution is -2.45. The molecule has 1 heterocycles. The van der Waals surface area contributed by atoms with Crippen molar-refractivity contribution >= 4 is 39.9 Å². The number of likely N-dealkylation sites (tertiary alicyclic amines) is 1. The number of carbonyl (C=O) groups excluding carboxylic acids is 1. The highest BCUT2D eigenvalue weighted by atomic mass is 32.2. The zero-order chi connectivity index (χ0) is 19.3. The van der Waals surface area contributed by atoms with Crippen LogP contribution in [0.3, 0.4) is 0 Å². The van der Waals surface area contributed by atoms with E-state index in [-0.39, 0.29) is 17.4 Å². The molecule has 0 saturated carbocycles. The normalized spacial score (nSPS) is 20.6. The second-order valence-electron chi connectivity index (χ2n) is 6.21. The van der Waals surface area contributed by atoms with Gasteiger partial charge in [-0.1, -0.05) is 24.0 Å². The number of nitrogens with zero attached hydrogens (tertiary/aromatic N) is 1. The van der Waals surface area contributed by atoms with E-state index in [9.17, 15) is 18.0 Å². The molecule has 1 saturated heterocycles. The van der Waals surface area contributed by atoms with Crippen molar-refractivity contribution in [1.29, 1.82) is 0 Å². The molecule has 2 atom stereocenters. The average molecular weight is 406 g/mol. The molecule has 144 valence electrons. The van der Waals surface area contributed by atoms with Gasteiger partial charge in [-0.05, 0) is 57.4 Å². The van der Waals surface area contributed by atoms with Gasteiger partial charge >= 0.3 is 6.36 Å². The fourth-order valence-corrected chi connectivity index (χ4v) is 4.29. The number of alkyl halides is 3. The van der Waals surface area contributed by atoms with Crippen molar-refractivity contribution < 1.29 is 22.7 Å². The predicted molar refractivity (Wildman–Crippen MR) is 101 cm³/mol. The molecule has 1 amide bonds. The highest BCUT2D eigenvalue weighted by Crippen LogP contribution is 2.27. The number of ether oxygens (including phenoxy) is 1. The Labute approximate surface area is 160 Å². The molecule has 4 nitrogen and oxygen atoms in total. The summed E-state index contributed by atoms with van der Waals surface area (Å²) in [7, 11) is 0. The molecule has 0 aliphatic carbocycles. The highest BCUT2D eigenvalue weighted by Gasteiger charge is 2.31. The van der Waals surface area contributed by atoms with Gasteiger partial charge in [0.05, 0.1) is 5.75 Å². The minimum atomic E-state index is -4.74. The van der Waals surface area contributed by atoms with E-state index in [1.54, 1.807) is 0 Å². The van der Waals surface area contributed by atoms with Crippen LogP contribution in [-0.4, -0.2) is 39.3 Å². The van der Waals surface area contributed by atoms with Crippen LogP contribution >= 0.6 is 24.0 Å². The third kappa shape index (κ3) is 6.35. The Kier molecular flexibility index (Phi) is 7.16. The molecule has 2 rings (SSSR count). The summed E-state index contributed by atoms with van der Waals surface area (Å²) in [4.78, 5) is 14.2. The van der Waals surface area contributed by atoms with Crippen LogP contribution in [0.5, 0.6) is 5.75 Å². The van der Waals surface area contributed by atoms with E-state index in [4.69, 9.17) is 12.2 Å². The van der Waals surface area contributed by atoms with Gasteiger partial charge in [-0.2, -0.15) is 0 Å². The van der Waals surface area contributed by atoms with Crippen molar-refractivity contribution in [2.24, 2.45) is 0 Å². The van der Waals surface area contributed by atoms with E-state index in [0.29, 0.717) is 22.1 Å². The second-order valence-corrected chi connectivity index (χ2v) is 7.82. The highest BCUT2D eigenvalue weighted by molar-refractivity contribution is 8.23. The van der Waals surface area contributed by atoms with Gasteiger partial charge in [0, 0.05) is 17.8 Å². The number of benzene rings is 1. The number of anilines is 1. The SMILES string of the molecule is C[C@@H]1CCC[C@H](C)N1C(=S)SCC(=O)Nc1ccc(OC(F)(F)F)cc1. The van der Waals surface area contributed by atoms with E-state index < -0.39 is 6.36 Å². The van der Waals surface area contributed by atoms with Crippen LogP contribution in [-0.2, 0) is 4.79 Å². The van der Waals surface area contributed by atoms with Gasteiger partial charge in [0.15, 0.2) is 0 Å². The third-order valence-electron chi connectivity index (χ3n) is 4.10. The minimum Gasteiger partial charge on any atom is -0.406 e. The lowest BCUT2D eigenvalue weighted by molar-refractivity contribution is -0.274. The van der Waals surface area contributed by atoms with Crippen LogP contribution in [0.4, 0.5) is 18.9 Å². The van der Waals surface area contributed by atoms with Gasteiger partial charge in [0.2, 0.25) is 5.91 Å². The molecule has 0 radical (unpaired) electrons. The van der Waals surface area contributed by atoms with E-state index in [1.165, 1.54) is 30.3 Å². The molecule has 9 heteroatoms. The Morgan fingerprint density at radius 2 is 1.85 bits per heavy atom. The van der Waals surface area contributed by atoms with Crippen LogP contribution < -0.4 is 10.1 Å². The summed E-state index contributed by atoms with van der Waals surface area (Å²) in [5, 5.41) is 2.64. The van der Waals surface area contributed by atoms with E-state index in [2.05, 4.69) is 28.8 Å². The lowest BCUT2D eigenvalue weighted by atomic mass is 9.99. The van der Waals surface area contributed by atoms with Crippen molar-refractivity contribution in [3.63, 3.8) is 0 Å². The molecule has 1 fully saturated rings. The number of carbonyl (C=O) groups is 1. The lowest BCUT2D eigenvalue weighted by Gasteiger charge is -2.40. The van der Waals surface area contributed by atoms with E-state index >= 15 is 0 Å². The van der Waals surface area contributed by atoms with E-state index in [0.717, 1.165) is 25.0 Å². The van der Waals surface area contributed by atoms with Crippen molar-refractivity contribution in [2.75, 3.05) is 11.1 Å². The molecule has 1 N–H and O–H groups in total. The van der Waals surface area contributed by atoms with Gasteiger partial charge in [0.25, 0.3) is 0 Å². The van der Waals surface area contributed by atoms with Gasteiger partial charge in [-0.25, -0.2) is 0 Å². The monoisotopic (exact) mass is 406 g/mol. The van der Waals surface area contributed by atoms with Crippen molar-refractivity contribution in [3.05, 3.63) is 24.3 Å². The number of rotatable bonds is 4. The largest absolute Gasteiger partial charge is 0.573 e. The van der Waals surface area contributed by atoms with Crippen molar-refractivity contribution in [2.45, 2.75) is 51.6 Å². The van der Waals surface area contributed by atoms with Crippen LogP contribution in [0.2, 0.25) is 0 Å². The molecule has 0 bridgehead atoms. The van der Waals surface area contributed by atoms with Gasteiger partial charge in [-0.15, -0.1) is 13.2 Å². The zero-order valence-corrected chi connectivity index (χ0v) is 16.1. The Morgan fingerprint density at radius 1 is 1.27 bits per heavy atom. The van der Waals surface area contributed by atoms with Crippen molar-refractivity contribution in [1.82, 2.24) is 4.90 Å². The molecule has 1 aromatic carbocycles. The maximum Gasteiger partial charge on any atom is 0.573 e. The van der Waals surface area contributed by atoms with Crippen LogP contribution in [0, 0.1) is 0 Å². The molecule has 1 aliphatic rings. The summed E-state index contributed by atoms with van der Waals surface area (Å²) in [6.45, 7) is 4.26. The molecule has 1 aromatic rings. The quantitative estimate of drug-likeness (QED) is 0.727. The van der Waals surface area contributed by atoms with Crippen LogP contribution in [0.25, 0.3) is 0 Å². The Bertz CT molecular complexity index is 628. The van der Waals surface area contributed by atoms with Gasteiger partial charge in [0.1, 0.15) is 10.1 Å². The second kappa shape index (κ2) is 8.94. The molecule has 0 aromatic heterocycles. The summed E-state index contributed by atoms with van der Waals surface area (Å²) < 4.78 is 40.9. The number of nitrogens with one attached hydrogen (secondary N) is 1. The maximum atomic E-state index is 12.1. The summed E-state index contributed by atoms with van der Waals surface area (Å²) in [6.07, 6.45) is -1.38. The first-order valence-electron chi connectivity index (χ1n) is 8.26. The van der Waals surface area contributed by atoms with Gasteiger partial charge < -0.3 is 15.0 Å². The summed E-state index contributed by atoms with van der Waals surface area (Å²) in [5.74, 6) is -0.450. The van der Waals surface area contributed by atoms with Crippen LogP contribution in [0.15, 0.2) is 24.3 Å². The number of hydrogen-bond acceptors (Lipinski definition) is 4. The Hall–Kier alpha value is -1.48. The summed E-state index contributed by atoms with van der Waals surface area (Å²) in [6, 6.07) is 5.75. The molecule has 1 aliphatic heterocycles. The maximum absolute atomic E-state index is 12.1. The molecular formula is C17H21F3N2O2S2. The van der Waals surface area contributed by atoms with Gasteiger partial charge in [-0.3, -0.25) is 4.79 Å². The molecule has 26 heavy (non-hydrogen) atoms. The standard InChI is InChI=1S/C17H21F3N2O2S2/c1-11-4-3-5-12(2)22(11)16(25)26-10-15(23)21-13-6-8-14(9-7-13)24-17(18,19)20/h6-9,11-12H,3-5,10H2,1-2H3,(H,21,23)/t11-,12+. The number of piperidine rings is 1. The first-order valence-corrected chi connectivity index (χ1v) is 9.66. The number of amides is 1. The molecule has 0 unspecified atom stereocenters. The first-order chi connectivity index (χ1) is 12.2. The van der Waals surface area contributed by atoms with Crippen LogP contribution in [0.1, 0.15) is 33.1 Å². The average Bonchev–Trinajstić information content (AvgIpc) is 2.53. The number of halogens is 3. The third-order valence-corrected chi connectivity index (χ3v) is 5.53. The fraction of sp³-hybridized carbons (Fsp3) is 0.529. The fourth-order valence-electron chi connectivity index (χ4n) is 2.92. The number of thioether (sulfide) groups is 1. The Balaban J connectivity index is 1.82. The smallest absolute Gasteiger partial charge is 0.406 e. The first kappa shape index (κ1) is 20.8. The summed E-state index contributed by atoms with van der Waals surface area (Å²) >= 11 is 6.77. The summed E-state index contributed by atoms with van der Waals surface area (Å²) in [5.41, 5.74) is 0.399. The topological polar surface area (TPSA) is 41.6 Å². The Morgan fingerprint density at radius 3 is 2.38 bits per heavy atom. The number of hydrogen-bond donors (Lipinski definition) is 1.